The van der Waals surface area contributed by atoms with Crippen molar-refractivity contribution in [3.63, 3.8) is 0 Å². The van der Waals surface area contributed by atoms with Gasteiger partial charge in [0.25, 0.3) is 0 Å². The van der Waals surface area contributed by atoms with Crippen molar-refractivity contribution in [2.45, 2.75) is 31.6 Å². The Labute approximate surface area is 158 Å². The highest BCUT2D eigenvalue weighted by molar-refractivity contribution is 7.91. The van der Waals surface area contributed by atoms with E-state index in [4.69, 9.17) is 0 Å². The zero-order chi connectivity index (χ0) is 20.7. The summed E-state index contributed by atoms with van der Waals surface area (Å²) in [5, 5.41) is 2.36. The molecule has 0 aromatic heterocycles. The highest BCUT2D eigenvalue weighted by Crippen LogP contribution is 2.32. The lowest BCUT2D eigenvalue weighted by Gasteiger charge is -2.23. The third-order valence-electron chi connectivity index (χ3n) is 5.01. The van der Waals surface area contributed by atoms with Crippen LogP contribution in [0.25, 0.3) is 0 Å². The van der Waals surface area contributed by atoms with Crippen molar-refractivity contribution in [2.75, 3.05) is 18.1 Å². The van der Waals surface area contributed by atoms with Crippen molar-refractivity contribution in [2.24, 2.45) is 5.92 Å². The fourth-order valence-corrected chi connectivity index (χ4v) is 5.31. The number of alkyl halides is 3. The predicted octanol–water partition coefficient (Wildman–Crippen LogP) is 1.50. The lowest BCUT2D eigenvalue weighted by atomic mass is 10.1. The number of rotatable bonds is 4. The number of benzene rings is 1. The summed E-state index contributed by atoms with van der Waals surface area (Å²) in [5.41, 5.74) is -1.46. The van der Waals surface area contributed by atoms with Crippen LogP contribution in [0.4, 0.5) is 17.6 Å². The third-order valence-corrected chi connectivity index (χ3v) is 6.76. The van der Waals surface area contributed by atoms with Crippen molar-refractivity contribution in [3.05, 3.63) is 35.1 Å². The molecule has 0 saturated carbocycles. The molecule has 2 amide bonds. The molecule has 0 unspecified atom stereocenters. The number of sulfone groups is 1. The lowest BCUT2D eigenvalue weighted by Crippen LogP contribution is -2.39. The van der Waals surface area contributed by atoms with Gasteiger partial charge >= 0.3 is 6.18 Å². The summed E-state index contributed by atoms with van der Waals surface area (Å²) >= 11 is 0. The lowest BCUT2D eigenvalue weighted by molar-refractivity contribution is -0.138. The molecule has 0 radical (unpaired) electrons. The van der Waals surface area contributed by atoms with E-state index in [0.717, 1.165) is 12.1 Å². The van der Waals surface area contributed by atoms with E-state index in [1.54, 1.807) is 0 Å². The fraction of sp³-hybridized carbons (Fsp3) is 0.529. The molecule has 2 fully saturated rings. The Hall–Kier alpha value is -2.17. The van der Waals surface area contributed by atoms with Crippen LogP contribution >= 0.6 is 0 Å². The van der Waals surface area contributed by atoms with Crippen LogP contribution in [0.3, 0.4) is 0 Å². The second-order valence-corrected chi connectivity index (χ2v) is 9.25. The van der Waals surface area contributed by atoms with Crippen molar-refractivity contribution in [1.82, 2.24) is 10.2 Å². The van der Waals surface area contributed by atoms with Gasteiger partial charge in [-0.1, -0.05) is 6.07 Å². The van der Waals surface area contributed by atoms with Crippen molar-refractivity contribution in [3.8, 4) is 0 Å². The summed E-state index contributed by atoms with van der Waals surface area (Å²) in [4.78, 5) is 25.8. The minimum atomic E-state index is -4.77. The maximum absolute atomic E-state index is 13.1. The van der Waals surface area contributed by atoms with Gasteiger partial charge < -0.3 is 10.2 Å². The fourth-order valence-electron chi connectivity index (χ4n) is 3.57. The smallest absolute Gasteiger partial charge is 0.352 e. The van der Waals surface area contributed by atoms with Gasteiger partial charge in [0.05, 0.1) is 23.0 Å². The Bertz CT molecular complexity index is 901. The van der Waals surface area contributed by atoms with E-state index in [0.29, 0.717) is 12.5 Å². The number of hydrogen-bond donors (Lipinski definition) is 1. The van der Waals surface area contributed by atoms with Gasteiger partial charge in [-0.25, -0.2) is 12.8 Å². The summed E-state index contributed by atoms with van der Waals surface area (Å²) in [7, 11) is -3.19. The maximum Gasteiger partial charge on any atom is 0.416 e. The molecule has 2 aliphatic rings. The molecule has 2 atom stereocenters. The van der Waals surface area contributed by atoms with Crippen LogP contribution in [0, 0.1) is 11.7 Å². The molecular weight excluding hydrogens is 404 g/mol. The predicted molar refractivity (Wildman–Crippen MR) is 90.1 cm³/mol. The summed E-state index contributed by atoms with van der Waals surface area (Å²) in [5.74, 6) is -2.91. The van der Waals surface area contributed by atoms with Crippen molar-refractivity contribution in [1.29, 1.82) is 0 Å². The number of likely N-dealkylation sites (tertiary alicyclic amines) is 1. The van der Waals surface area contributed by atoms with E-state index < -0.39 is 51.8 Å². The largest absolute Gasteiger partial charge is 0.416 e. The number of carbonyl (C=O) groups is 2. The Kier molecular flexibility index (Phi) is 5.39. The number of nitrogens with zero attached hydrogens (tertiary/aromatic N) is 1. The zero-order valence-electron chi connectivity index (χ0n) is 14.6. The first-order valence-corrected chi connectivity index (χ1v) is 10.4. The molecule has 0 spiro atoms. The summed E-state index contributed by atoms with van der Waals surface area (Å²) in [6.45, 7) is -0.434. The first-order valence-electron chi connectivity index (χ1n) is 8.59. The molecule has 2 aliphatic heterocycles. The average molecular weight is 422 g/mol. The van der Waals surface area contributed by atoms with Crippen molar-refractivity contribution >= 4 is 21.7 Å². The molecule has 11 heteroatoms. The number of hydrogen-bond acceptors (Lipinski definition) is 4. The molecule has 1 aromatic rings. The molecule has 154 valence electrons. The van der Waals surface area contributed by atoms with Gasteiger partial charge in [0.1, 0.15) is 5.82 Å². The van der Waals surface area contributed by atoms with Gasteiger partial charge in [-0.05, 0) is 24.1 Å². The minimum absolute atomic E-state index is 0.0108. The van der Waals surface area contributed by atoms with Crippen LogP contribution in [-0.4, -0.2) is 49.2 Å². The first-order chi connectivity index (χ1) is 13.0. The van der Waals surface area contributed by atoms with Crippen LogP contribution in [-0.2, 0) is 32.1 Å². The topological polar surface area (TPSA) is 83.6 Å². The standard InChI is InChI=1S/C17H18F4N2O4S/c18-12-2-1-10(14(6-12)17(19,20)21)7-22-16(25)11-5-15(24)23(8-11)13-3-4-28(26,27)9-13/h1-2,6,11,13H,3-5,7-9H2,(H,22,25)/t11-,13-/m0/s1. The molecule has 0 bridgehead atoms. The third kappa shape index (κ3) is 4.45. The molecule has 1 aromatic carbocycles. The zero-order valence-corrected chi connectivity index (χ0v) is 15.4. The highest BCUT2D eigenvalue weighted by Gasteiger charge is 2.42. The van der Waals surface area contributed by atoms with Crippen LogP contribution in [0.2, 0.25) is 0 Å². The second kappa shape index (κ2) is 7.34. The molecular formula is C17H18F4N2O4S. The number of amides is 2. The van der Waals surface area contributed by atoms with Gasteiger partial charge in [0, 0.05) is 25.6 Å². The average Bonchev–Trinajstić information content (AvgIpc) is 3.14. The molecule has 2 saturated heterocycles. The Morgan fingerprint density at radius 3 is 2.61 bits per heavy atom. The van der Waals surface area contributed by atoms with E-state index >= 15 is 0 Å². The van der Waals surface area contributed by atoms with Gasteiger partial charge in [-0.3, -0.25) is 9.59 Å². The summed E-state index contributed by atoms with van der Waals surface area (Å²) < 4.78 is 75.3. The molecule has 3 rings (SSSR count). The summed E-state index contributed by atoms with van der Waals surface area (Å²) in [6, 6.07) is 1.72. The van der Waals surface area contributed by atoms with E-state index in [-0.39, 0.29) is 35.9 Å². The number of carbonyl (C=O) groups excluding carboxylic acids is 2. The van der Waals surface area contributed by atoms with Gasteiger partial charge in [0.2, 0.25) is 11.8 Å². The van der Waals surface area contributed by atoms with Crippen molar-refractivity contribution < 1.29 is 35.6 Å². The highest BCUT2D eigenvalue weighted by atomic mass is 32.2. The summed E-state index contributed by atoms with van der Waals surface area (Å²) in [6.07, 6.45) is -4.58. The quantitative estimate of drug-likeness (QED) is 0.746. The van der Waals surface area contributed by atoms with E-state index in [9.17, 15) is 35.6 Å². The SMILES string of the molecule is O=C(NCc1ccc(F)cc1C(F)(F)F)[C@H]1CC(=O)N([C@H]2CCS(=O)(=O)C2)C1. The van der Waals surface area contributed by atoms with E-state index in [1.807, 2.05) is 0 Å². The first kappa shape index (κ1) is 20.6. The second-order valence-electron chi connectivity index (χ2n) is 7.02. The Morgan fingerprint density at radius 2 is 2.00 bits per heavy atom. The molecule has 28 heavy (non-hydrogen) atoms. The van der Waals surface area contributed by atoms with E-state index in [2.05, 4.69) is 5.32 Å². The number of nitrogens with one attached hydrogen (secondary N) is 1. The van der Waals surface area contributed by atoms with E-state index in [1.165, 1.54) is 4.90 Å². The maximum atomic E-state index is 13.1. The Balaban J connectivity index is 1.63. The van der Waals surface area contributed by atoms with Crippen LogP contribution in [0.15, 0.2) is 18.2 Å². The van der Waals surface area contributed by atoms with Gasteiger partial charge in [-0.2, -0.15) is 13.2 Å². The molecule has 6 nitrogen and oxygen atoms in total. The van der Waals surface area contributed by atoms with Gasteiger partial charge in [-0.15, -0.1) is 0 Å². The normalized spacial score (nSPS) is 24.6. The molecule has 1 N–H and O–H groups in total. The molecule has 2 heterocycles. The monoisotopic (exact) mass is 422 g/mol. The van der Waals surface area contributed by atoms with Crippen LogP contribution in [0.5, 0.6) is 0 Å². The molecule has 0 aliphatic carbocycles. The van der Waals surface area contributed by atoms with Gasteiger partial charge in [0.15, 0.2) is 9.84 Å². The van der Waals surface area contributed by atoms with Crippen LogP contribution in [0.1, 0.15) is 24.0 Å². The van der Waals surface area contributed by atoms with Crippen LogP contribution < -0.4 is 5.32 Å². The Morgan fingerprint density at radius 1 is 1.29 bits per heavy atom. The minimum Gasteiger partial charge on any atom is -0.352 e. The number of halogens is 4.